The number of nitrogens with one attached hydrogen (secondary N) is 2. The Labute approximate surface area is 242 Å². The van der Waals surface area contributed by atoms with E-state index < -0.39 is 29.3 Å². The van der Waals surface area contributed by atoms with Crippen LogP contribution in [0.15, 0.2) is 71.7 Å². The molecule has 42 heavy (non-hydrogen) atoms. The summed E-state index contributed by atoms with van der Waals surface area (Å²) in [6.45, 7) is 6.22. The molecule has 0 aliphatic rings. The normalized spacial score (nSPS) is 12.0. The monoisotopic (exact) mass is 572 g/mol. The summed E-state index contributed by atoms with van der Waals surface area (Å²) in [7, 11) is 4.55. The van der Waals surface area contributed by atoms with E-state index in [1.165, 1.54) is 68.6 Å². The highest BCUT2D eigenvalue weighted by Gasteiger charge is 2.20. The van der Waals surface area contributed by atoms with Gasteiger partial charge in [-0.25, -0.2) is 14.1 Å². The van der Waals surface area contributed by atoms with Gasteiger partial charge in [-0.3, -0.25) is 14.4 Å². The Hall–Kier alpha value is -4.90. The van der Waals surface area contributed by atoms with Gasteiger partial charge in [0.1, 0.15) is 17.3 Å². The predicted octanol–water partition coefficient (Wildman–Crippen LogP) is 4.40. The molecule has 4 rings (SSSR count). The van der Waals surface area contributed by atoms with Crippen molar-refractivity contribution in [1.82, 2.24) is 19.7 Å². The van der Waals surface area contributed by atoms with Crippen molar-refractivity contribution in [3.63, 3.8) is 0 Å². The number of aliphatic hydroxyl groups is 1. The quantitative estimate of drug-likeness (QED) is 0.299. The number of pyridine rings is 1. The number of likely N-dealkylation sites (N-methyl/N-ethyl adjacent to an activating group) is 1. The van der Waals surface area contributed by atoms with Gasteiger partial charge in [0, 0.05) is 44.0 Å². The molecule has 0 aliphatic heterocycles. The molecular weight excluding hydrogens is 539 g/mol. The number of aliphatic hydroxyl groups excluding tert-OH is 1. The number of anilines is 3. The Bertz CT molecular complexity index is 1680. The average Bonchev–Trinajstić information content (AvgIpc) is 2.95. The minimum atomic E-state index is -1.36. The van der Waals surface area contributed by atoms with Crippen LogP contribution in [0.1, 0.15) is 48.4 Å². The van der Waals surface area contributed by atoms with E-state index in [0.29, 0.717) is 28.2 Å². The van der Waals surface area contributed by atoms with Crippen LogP contribution in [-0.4, -0.2) is 50.7 Å². The maximum absolute atomic E-state index is 14.7. The molecular formula is C31H33FN6O4. The van der Waals surface area contributed by atoms with Crippen molar-refractivity contribution in [3.8, 4) is 11.3 Å². The standard InChI is InChI=1S/C31H33FN6O4/c1-31(2,3)21-11-7-18(8-12-21)28(40)35-24-15-19(9-13-22(24)32)23-16-25(29(41)38(6)36-23)34-26-14-10-20(17-33-26)27(39)30(42)37(4)5/h7-17,27,39H,1-6H3,(H,33,34)(H,35,40)/t27-/m0/s1. The summed E-state index contributed by atoms with van der Waals surface area (Å²) in [6, 6.07) is 15.9. The first-order chi connectivity index (χ1) is 19.7. The lowest BCUT2D eigenvalue weighted by Gasteiger charge is -2.19. The van der Waals surface area contributed by atoms with E-state index in [0.717, 1.165) is 10.2 Å². The minimum absolute atomic E-state index is 0.0364. The number of aryl methyl sites for hydroxylation is 1. The lowest BCUT2D eigenvalue weighted by molar-refractivity contribution is -0.137. The summed E-state index contributed by atoms with van der Waals surface area (Å²) in [5.41, 5.74) is 2.15. The predicted molar refractivity (Wildman–Crippen MR) is 159 cm³/mol. The highest BCUT2D eigenvalue weighted by Crippen LogP contribution is 2.27. The van der Waals surface area contributed by atoms with Crippen molar-refractivity contribution in [1.29, 1.82) is 0 Å². The van der Waals surface area contributed by atoms with E-state index in [9.17, 15) is 23.9 Å². The number of rotatable bonds is 7. The summed E-state index contributed by atoms with van der Waals surface area (Å²) in [5.74, 6) is -1.28. The summed E-state index contributed by atoms with van der Waals surface area (Å²) in [4.78, 5) is 43.2. The molecule has 0 radical (unpaired) electrons. The Morgan fingerprint density at radius 1 is 1.00 bits per heavy atom. The van der Waals surface area contributed by atoms with Crippen LogP contribution in [-0.2, 0) is 17.3 Å². The molecule has 2 aromatic carbocycles. The molecule has 4 aromatic rings. The number of carbonyl (C=O) groups is 2. The van der Waals surface area contributed by atoms with Gasteiger partial charge in [-0.1, -0.05) is 39.0 Å². The van der Waals surface area contributed by atoms with Gasteiger partial charge >= 0.3 is 0 Å². The number of halogens is 1. The zero-order valence-electron chi connectivity index (χ0n) is 24.3. The summed E-state index contributed by atoms with van der Waals surface area (Å²) in [6.07, 6.45) is -0.0231. The van der Waals surface area contributed by atoms with Crippen LogP contribution in [0.2, 0.25) is 0 Å². The molecule has 3 N–H and O–H groups in total. The van der Waals surface area contributed by atoms with Gasteiger partial charge < -0.3 is 20.6 Å². The number of carbonyl (C=O) groups excluding carboxylic acids is 2. The van der Waals surface area contributed by atoms with Crippen LogP contribution >= 0.6 is 0 Å². The number of benzene rings is 2. The van der Waals surface area contributed by atoms with E-state index in [2.05, 4.69) is 41.5 Å². The molecule has 0 bridgehead atoms. The van der Waals surface area contributed by atoms with Crippen LogP contribution < -0.4 is 16.2 Å². The molecule has 2 amide bonds. The molecule has 10 nitrogen and oxygen atoms in total. The maximum Gasteiger partial charge on any atom is 0.290 e. The van der Waals surface area contributed by atoms with Crippen LogP contribution in [0, 0.1) is 5.82 Å². The van der Waals surface area contributed by atoms with Gasteiger partial charge in [0.2, 0.25) is 0 Å². The first kappa shape index (κ1) is 30.1. The molecule has 0 saturated carbocycles. The highest BCUT2D eigenvalue weighted by molar-refractivity contribution is 6.04. The minimum Gasteiger partial charge on any atom is -0.378 e. The Morgan fingerprint density at radius 3 is 2.29 bits per heavy atom. The average molecular weight is 573 g/mol. The number of nitrogens with zero attached hydrogens (tertiary/aromatic N) is 4. The SMILES string of the molecule is CN(C)C(=O)[C@@H](O)c1ccc(Nc2cc(-c3ccc(F)c(NC(=O)c4ccc(C(C)(C)C)cc4)c3)nn(C)c2=O)nc1. The fourth-order valence-corrected chi connectivity index (χ4v) is 4.10. The number of amides is 2. The third-order valence-electron chi connectivity index (χ3n) is 6.63. The molecule has 0 saturated heterocycles. The fourth-order valence-electron chi connectivity index (χ4n) is 4.10. The molecule has 2 aromatic heterocycles. The van der Waals surface area contributed by atoms with E-state index >= 15 is 0 Å². The molecule has 218 valence electrons. The Balaban J connectivity index is 1.57. The van der Waals surface area contributed by atoms with Crippen molar-refractivity contribution in [2.75, 3.05) is 24.7 Å². The van der Waals surface area contributed by atoms with Crippen molar-refractivity contribution in [2.24, 2.45) is 7.05 Å². The van der Waals surface area contributed by atoms with Gasteiger partial charge in [0.25, 0.3) is 17.4 Å². The molecule has 2 heterocycles. The van der Waals surface area contributed by atoms with Crippen molar-refractivity contribution >= 4 is 29.0 Å². The summed E-state index contributed by atoms with van der Waals surface area (Å²) >= 11 is 0. The molecule has 0 unspecified atom stereocenters. The molecule has 0 aliphatic carbocycles. The third-order valence-corrected chi connectivity index (χ3v) is 6.63. The molecule has 0 spiro atoms. The summed E-state index contributed by atoms with van der Waals surface area (Å²) < 4.78 is 15.9. The highest BCUT2D eigenvalue weighted by atomic mass is 19.1. The fraction of sp³-hybridized carbons (Fsp3) is 0.258. The maximum atomic E-state index is 14.7. The van der Waals surface area contributed by atoms with Crippen LogP contribution in [0.4, 0.5) is 21.6 Å². The third kappa shape index (κ3) is 6.69. The number of hydrogen-bond donors (Lipinski definition) is 3. The number of aromatic nitrogens is 3. The lowest BCUT2D eigenvalue weighted by atomic mass is 9.87. The van der Waals surface area contributed by atoms with Crippen molar-refractivity contribution in [2.45, 2.75) is 32.3 Å². The van der Waals surface area contributed by atoms with Crippen molar-refractivity contribution < 1.29 is 19.1 Å². The molecule has 1 atom stereocenters. The largest absolute Gasteiger partial charge is 0.378 e. The summed E-state index contributed by atoms with van der Waals surface area (Å²) in [5, 5.41) is 20.1. The van der Waals surface area contributed by atoms with E-state index in [1.54, 1.807) is 12.1 Å². The molecule has 0 fully saturated rings. The topological polar surface area (TPSA) is 129 Å². The van der Waals surface area contributed by atoms with E-state index in [1.807, 2.05) is 12.1 Å². The first-order valence-corrected chi connectivity index (χ1v) is 13.2. The molecule has 11 heteroatoms. The van der Waals surface area contributed by atoms with Crippen LogP contribution in [0.3, 0.4) is 0 Å². The zero-order chi connectivity index (χ0) is 30.8. The van der Waals surface area contributed by atoms with Crippen LogP contribution in [0.5, 0.6) is 0 Å². The lowest BCUT2D eigenvalue weighted by Crippen LogP contribution is -2.28. The Morgan fingerprint density at radius 2 is 1.69 bits per heavy atom. The smallest absolute Gasteiger partial charge is 0.290 e. The number of hydrogen-bond acceptors (Lipinski definition) is 7. The van der Waals surface area contributed by atoms with Crippen molar-refractivity contribution in [3.05, 3.63) is 99.7 Å². The second-order valence-corrected chi connectivity index (χ2v) is 11.1. The van der Waals surface area contributed by atoms with Gasteiger partial charge in [-0.2, -0.15) is 5.10 Å². The van der Waals surface area contributed by atoms with E-state index in [4.69, 9.17) is 0 Å². The van der Waals surface area contributed by atoms with Gasteiger partial charge in [0.15, 0.2) is 6.10 Å². The van der Waals surface area contributed by atoms with Gasteiger partial charge in [-0.15, -0.1) is 0 Å². The second-order valence-electron chi connectivity index (χ2n) is 11.1. The van der Waals surface area contributed by atoms with Gasteiger partial charge in [0.05, 0.1) is 11.4 Å². The second kappa shape index (κ2) is 11.9. The zero-order valence-corrected chi connectivity index (χ0v) is 24.3. The van der Waals surface area contributed by atoms with Crippen LogP contribution in [0.25, 0.3) is 11.3 Å². The Kier molecular flexibility index (Phi) is 8.53. The van der Waals surface area contributed by atoms with E-state index in [-0.39, 0.29) is 16.8 Å². The van der Waals surface area contributed by atoms with Gasteiger partial charge in [-0.05, 0) is 53.4 Å². The first-order valence-electron chi connectivity index (χ1n) is 13.2.